The maximum absolute atomic E-state index is 13.0. The molecule has 0 bridgehead atoms. The zero-order chi connectivity index (χ0) is 22.3. The lowest BCUT2D eigenvalue weighted by molar-refractivity contribution is -0.132. The summed E-state index contributed by atoms with van der Waals surface area (Å²) >= 11 is 2.87. The molecule has 0 aliphatic carbocycles. The molecule has 1 atom stereocenters. The molecule has 0 saturated carbocycles. The number of carbonyl (C=O) groups is 1. The van der Waals surface area contributed by atoms with Crippen LogP contribution in [0, 0.1) is 5.82 Å². The third kappa shape index (κ3) is 6.27. The topological polar surface area (TPSA) is 61.4 Å². The average molecular weight is 472 g/mol. The number of nitrogens with one attached hydrogen (secondary N) is 1. The fraction of sp³-hybridized carbons (Fsp3) is 0.348. The van der Waals surface area contributed by atoms with Crippen molar-refractivity contribution in [1.82, 2.24) is 20.0 Å². The third-order valence-corrected chi connectivity index (χ3v) is 7.37. The molecule has 9 heteroatoms. The number of piperazine rings is 1. The first kappa shape index (κ1) is 22.7. The Kier molecular flexibility index (Phi) is 7.72. The van der Waals surface area contributed by atoms with Gasteiger partial charge in [-0.2, -0.15) is 0 Å². The minimum absolute atomic E-state index is 0.144. The number of thioether (sulfide) groups is 1. The highest BCUT2D eigenvalue weighted by Gasteiger charge is 2.26. The summed E-state index contributed by atoms with van der Waals surface area (Å²) in [7, 11) is 0. The summed E-state index contributed by atoms with van der Waals surface area (Å²) in [5, 5.41) is 12.0. The Bertz CT molecular complexity index is 1010. The summed E-state index contributed by atoms with van der Waals surface area (Å²) in [5.41, 5.74) is 2.27. The van der Waals surface area contributed by atoms with Crippen molar-refractivity contribution in [1.29, 1.82) is 0 Å². The summed E-state index contributed by atoms with van der Waals surface area (Å²) in [6.45, 7) is 6.65. The molecule has 1 amide bonds. The van der Waals surface area contributed by atoms with E-state index in [-0.39, 0.29) is 17.0 Å². The van der Waals surface area contributed by atoms with Gasteiger partial charge in [0.25, 0.3) is 0 Å². The van der Waals surface area contributed by atoms with E-state index in [1.54, 1.807) is 12.1 Å². The van der Waals surface area contributed by atoms with Crippen LogP contribution >= 0.6 is 23.1 Å². The van der Waals surface area contributed by atoms with E-state index in [0.29, 0.717) is 11.7 Å². The minimum Gasteiger partial charge on any atom is -0.356 e. The minimum atomic E-state index is -0.250. The first-order valence-electron chi connectivity index (χ1n) is 10.6. The molecule has 1 aliphatic heterocycles. The van der Waals surface area contributed by atoms with Crippen LogP contribution in [0.5, 0.6) is 0 Å². The van der Waals surface area contributed by atoms with Crippen LogP contribution in [0.1, 0.15) is 18.1 Å². The molecule has 1 fully saturated rings. The highest BCUT2D eigenvalue weighted by Crippen LogP contribution is 2.30. The van der Waals surface area contributed by atoms with Crippen molar-refractivity contribution in [2.24, 2.45) is 0 Å². The lowest BCUT2D eigenvalue weighted by Crippen LogP contribution is -2.50. The average Bonchev–Trinajstić information content (AvgIpc) is 3.26. The Labute approximate surface area is 195 Å². The second-order valence-corrected chi connectivity index (χ2v) is 10.3. The van der Waals surface area contributed by atoms with Gasteiger partial charge in [-0.3, -0.25) is 9.69 Å². The van der Waals surface area contributed by atoms with Crippen LogP contribution in [0.3, 0.4) is 0 Å². The molecule has 1 unspecified atom stereocenters. The van der Waals surface area contributed by atoms with Gasteiger partial charge in [-0.25, -0.2) is 4.39 Å². The molecule has 0 radical (unpaired) electrons. The molecular formula is C23H26FN5OS2. The lowest BCUT2D eigenvalue weighted by Gasteiger charge is -2.35. The van der Waals surface area contributed by atoms with E-state index >= 15 is 0 Å². The first-order chi connectivity index (χ1) is 15.6. The van der Waals surface area contributed by atoms with Crippen molar-refractivity contribution >= 4 is 34.1 Å². The molecule has 4 rings (SSSR count). The van der Waals surface area contributed by atoms with E-state index in [1.807, 2.05) is 17.9 Å². The number of carbonyl (C=O) groups excluding carboxylic acids is 1. The number of halogens is 1. The third-order valence-electron chi connectivity index (χ3n) is 5.32. The van der Waals surface area contributed by atoms with Crippen molar-refractivity contribution in [3.63, 3.8) is 0 Å². The molecule has 1 aromatic heterocycles. The monoisotopic (exact) mass is 471 g/mol. The van der Waals surface area contributed by atoms with Gasteiger partial charge in [0.15, 0.2) is 4.34 Å². The van der Waals surface area contributed by atoms with Crippen LogP contribution in [0.15, 0.2) is 58.9 Å². The van der Waals surface area contributed by atoms with Crippen LogP contribution in [0.4, 0.5) is 9.52 Å². The summed E-state index contributed by atoms with van der Waals surface area (Å²) in [6, 6.07) is 16.8. The van der Waals surface area contributed by atoms with Gasteiger partial charge in [0.1, 0.15) is 5.82 Å². The first-order valence-corrected chi connectivity index (χ1v) is 12.3. The maximum Gasteiger partial charge on any atom is 0.235 e. The molecular weight excluding hydrogens is 445 g/mol. The Morgan fingerprint density at radius 2 is 1.78 bits per heavy atom. The Balaban J connectivity index is 1.22. The Morgan fingerprint density at radius 3 is 2.50 bits per heavy atom. The number of aromatic nitrogens is 2. The number of amides is 1. The summed E-state index contributed by atoms with van der Waals surface area (Å²) in [4.78, 5) is 17.3. The van der Waals surface area contributed by atoms with E-state index in [2.05, 4.69) is 44.7 Å². The second-order valence-electron chi connectivity index (χ2n) is 7.70. The van der Waals surface area contributed by atoms with Gasteiger partial charge in [0.2, 0.25) is 11.0 Å². The van der Waals surface area contributed by atoms with Crippen LogP contribution in [-0.4, -0.2) is 57.3 Å². The maximum atomic E-state index is 13.0. The molecule has 2 heterocycles. The highest BCUT2D eigenvalue weighted by molar-refractivity contribution is 8.02. The zero-order valence-electron chi connectivity index (χ0n) is 17.9. The Morgan fingerprint density at radius 1 is 1.06 bits per heavy atom. The predicted octanol–water partition coefficient (Wildman–Crippen LogP) is 4.11. The highest BCUT2D eigenvalue weighted by atomic mass is 32.2. The van der Waals surface area contributed by atoms with Gasteiger partial charge < -0.3 is 10.2 Å². The fourth-order valence-electron chi connectivity index (χ4n) is 3.54. The van der Waals surface area contributed by atoms with Crippen LogP contribution in [-0.2, 0) is 17.9 Å². The molecule has 3 aromatic rings. The normalized spacial score (nSPS) is 15.5. The van der Waals surface area contributed by atoms with Gasteiger partial charge in [-0.15, -0.1) is 10.2 Å². The molecule has 2 aromatic carbocycles. The quantitative estimate of drug-likeness (QED) is 0.499. The molecule has 1 N–H and O–H groups in total. The van der Waals surface area contributed by atoms with E-state index < -0.39 is 0 Å². The van der Waals surface area contributed by atoms with Crippen LogP contribution in [0.25, 0.3) is 0 Å². The zero-order valence-corrected chi connectivity index (χ0v) is 19.5. The van der Waals surface area contributed by atoms with Gasteiger partial charge in [0, 0.05) is 39.3 Å². The smallest absolute Gasteiger partial charge is 0.235 e. The van der Waals surface area contributed by atoms with Gasteiger partial charge >= 0.3 is 0 Å². The van der Waals surface area contributed by atoms with Crippen molar-refractivity contribution in [3.05, 3.63) is 71.5 Å². The number of hydrogen-bond donors (Lipinski definition) is 1. The van der Waals surface area contributed by atoms with Crippen molar-refractivity contribution in [2.45, 2.75) is 29.6 Å². The van der Waals surface area contributed by atoms with Crippen molar-refractivity contribution in [2.75, 3.05) is 31.5 Å². The summed E-state index contributed by atoms with van der Waals surface area (Å²) in [5.74, 6) is -0.106. The van der Waals surface area contributed by atoms with Gasteiger partial charge in [-0.05, 0) is 30.2 Å². The molecule has 168 valence electrons. The molecule has 1 saturated heterocycles. The van der Waals surface area contributed by atoms with E-state index in [4.69, 9.17) is 0 Å². The van der Waals surface area contributed by atoms with E-state index in [0.717, 1.165) is 42.6 Å². The second kappa shape index (κ2) is 10.9. The Hall–Kier alpha value is -2.49. The number of hydrogen-bond acceptors (Lipinski definition) is 7. The molecule has 32 heavy (non-hydrogen) atoms. The number of benzene rings is 2. The van der Waals surface area contributed by atoms with Crippen LogP contribution in [0.2, 0.25) is 0 Å². The lowest BCUT2D eigenvalue weighted by atomic mass is 10.2. The van der Waals surface area contributed by atoms with Crippen molar-refractivity contribution < 1.29 is 9.18 Å². The predicted molar refractivity (Wildman–Crippen MR) is 127 cm³/mol. The summed E-state index contributed by atoms with van der Waals surface area (Å²) in [6.07, 6.45) is 0. The van der Waals surface area contributed by atoms with Crippen LogP contribution < -0.4 is 5.32 Å². The largest absolute Gasteiger partial charge is 0.356 e. The van der Waals surface area contributed by atoms with Gasteiger partial charge in [-0.1, -0.05) is 65.6 Å². The number of rotatable bonds is 8. The molecule has 1 aliphatic rings. The van der Waals surface area contributed by atoms with Gasteiger partial charge in [0.05, 0.1) is 5.25 Å². The summed E-state index contributed by atoms with van der Waals surface area (Å²) < 4.78 is 13.8. The SMILES string of the molecule is CC(Sc1nnc(NCc2ccc(F)cc2)s1)C(=O)N1CCN(Cc2ccccc2)CC1. The molecule has 6 nitrogen and oxygen atoms in total. The standard InChI is InChI=1S/C23H26FN5OS2/c1-17(21(30)29-13-11-28(12-14-29)16-19-5-3-2-4-6-19)31-23-27-26-22(32-23)25-15-18-7-9-20(24)10-8-18/h2-10,17H,11-16H2,1H3,(H,25,26). The number of nitrogens with zero attached hydrogens (tertiary/aromatic N) is 4. The van der Waals surface area contributed by atoms with E-state index in [1.165, 1.54) is 40.8 Å². The fourth-order valence-corrected chi connectivity index (χ4v) is 5.51. The molecule has 0 spiro atoms. The van der Waals surface area contributed by atoms with Crippen molar-refractivity contribution in [3.8, 4) is 0 Å². The number of anilines is 1. The van der Waals surface area contributed by atoms with E-state index in [9.17, 15) is 9.18 Å².